The second-order valence-electron chi connectivity index (χ2n) is 11.4. The van der Waals surface area contributed by atoms with E-state index in [1.165, 1.54) is 24.3 Å². The van der Waals surface area contributed by atoms with Gasteiger partial charge in [0.2, 0.25) is 5.91 Å². The molecule has 0 aliphatic heterocycles. The zero-order valence-electron chi connectivity index (χ0n) is 26.7. The van der Waals surface area contributed by atoms with Crippen LogP contribution < -0.4 is 5.56 Å². The molecule has 1 aromatic heterocycles. The minimum Gasteiger partial charge on any atom is -0.336 e. The number of hydrogen-bond donors (Lipinski definition) is 0. The Morgan fingerprint density at radius 3 is 1.93 bits per heavy atom. The fourth-order valence-electron chi connectivity index (χ4n) is 5.32. The van der Waals surface area contributed by atoms with Gasteiger partial charge in [0.15, 0.2) is 0 Å². The van der Waals surface area contributed by atoms with Crippen LogP contribution in [0, 0.1) is 19.7 Å². The van der Waals surface area contributed by atoms with Gasteiger partial charge in [0.05, 0.1) is 5.56 Å². The van der Waals surface area contributed by atoms with E-state index in [4.69, 9.17) is 0 Å². The lowest BCUT2D eigenvalue weighted by Gasteiger charge is -2.28. The van der Waals surface area contributed by atoms with Crippen molar-refractivity contribution < 1.29 is 22.4 Å². The molecule has 4 aromatic rings. The first-order valence-corrected chi connectivity index (χ1v) is 15.5. The predicted octanol–water partition coefficient (Wildman–Crippen LogP) is 6.84. The number of aromatic nitrogens is 2. The largest absolute Gasteiger partial charge is 0.416 e. The minimum atomic E-state index is -4.39. The highest BCUT2D eigenvalue weighted by atomic mass is 19.4. The number of halogens is 4. The summed E-state index contributed by atoms with van der Waals surface area (Å²) in [6.07, 6.45) is -3.46. The van der Waals surface area contributed by atoms with E-state index >= 15 is 0 Å². The molecular formula is C36H40F4N4O2. The molecule has 0 aliphatic carbocycles. The molecule has 4 rings (SSSR count). The minimum absolute atomic E-state index is 0.000587. The summed E-state index contributed by atoms with van der Waals surface area (Å²) >= 11 is 0. The maximum atomic E-state index is 14.0. The Labute approximate surface area is 267 Å². The number of benzene rings is 3. The lowest BCUT2D eigenvalue weighted by atomic mass is 10.0. The quantitative estimate of drug-likeness (QED) is 0.151. The average molecular weight is 637 g/mol. The molecule has 6 nitrogen and oxygen atoms in total. The molecule has 0 saturated carbocycles. The van der Waals surface area contributed by atoms with Crippen LogP contribution in [-0.4, -0.2) is 51.4 Å². The summed E-state index contributed by atoms with van der Waals surface area (Å²) in [7, 11) is 0. The highest BCUT2D eigenvalue weighted by Gasteiger charge is 2.30. The van der Waals surface area contributed by atoms with Crippen LogP contribution in [-0.2, 0) is 36.9 Å². The number of carbonyl (C=O) groups excluding carboxylic acids is 1. The van der Waals surface area contributed by atoms with Gasteiger partial charge in [-0.25, -0.2) is 4.39 Å². The smallest absolute Gasteiger partial charge is 0.336 e. The standard InChI is InChI=1S/C36H40F4N4O2/c1-5-42(6-2)21-22-43(23-28-7-12-29(13-8-28)30-14-16-31(17-15-30)36(38,39)40)34(45)24-44-26(4)25(3)35(46)41-33(44)20-11-27-9-18-32(37)19-10-27/h7-10,12-19H,5-6,11,20-24H2,1-4H3. The average Bonchev–Trinajstić information content (AvgIpc) is 3.04. The van der Waals surface area contributed by atoms with Gasteiger partial charge in [-0.15, -0.1) is 0 Å². The first-order chi connectivity index (χ1) is 21.9. The number of carbonyl (C=O) groups is 1. The number of alkyl halides is 3. The third kappa shape index (κ3) is 8.90. The van der Waals surface area contributed by atoms with Crippen molar-refractivity contribution in [3.8, 4) is 11.1 Å². The molecule has 10 heteroatoms. The number of rotatable bonds is 13. The third-order valence-corrected chi connectivity index (χ3v) is 8.46. The van der Waals surface area contributed by atoms with Crippen molar-refractivity contribution in [2.24, 2.45) is 0 Å². The van der Waals surface area contributed by atoms with Gasteiger partial charge in [0, 0.05) is 37.3 Å². The molecule has 0 atom stereocenters. The Balaban J connectivity index is 1.56. The Hall–Kier alpha value is -4.31. The van der Waals surface area contributed by atoms with Crippen LogP contribution in [0.2, 0.25) is 0 Å². The first kappa shape index (κ1) is 34.6. The van der Waals surface area contributed by atoms with Crippen LogP contribution in [0.1, 0.15) is 47.6 Å². The van der Waals surface area contributed by atoms with E-state index in [1.54, 1.807) is 28.5 Å². The topological polar surface area (TPSA) is 58.4 Å². The summed E-state index contributed by atoms with van der Waals surface area (Å²) in [6, 6.07) is 18.7. The number of hydrogen-bond acceptors (Lipinski definition) is 4. The van der Waals surface area contributed by atoms with Crippen molar-refractivity contribution in [2.45, 2.75) is 59.8 Å². The normalized spacial score (nSPS) is 11.7. The van der Waals surface area contributed by atoms with Crippen LogP contribution in [0.15, 0.2) is 77.6 Å². The lowest BCUT2D eigenvalue weighted by Crippen LogP contribution is -2.40. The maximum Gasteiger partial charge on any atom is 0.416 e. The highest BCUT2D eigenvalue weighted by Crippen LogP contribution is 2.31. The molecule has 0 fully saturated rings. The van der Waals surface area contributed by atoms with Gasteiger partial charge in [0.1, 0.15) is 18.2 Å². The molecule has 3 aromatic carbocycles. The Morgan fingerprint density at radius 2 is 1.37 bits per heavy atom. The van der Waals surface area contributed by atoms with Gasteiger partial charge < -0.3 is 14.4 Å². The van der Waals surface area contributed by atoms with Crippen molar-refractivity contribution >= 4 is 5.91 Å². The van der Waals surface area contributed by atoms with Gasteiger partial charge in [-0.05, 0) is 79.9 Å². The number of aryl methyl sites for hydroxylation is 2. The number of likely N-dealkylation sites (N-methyl/N-ethyl adjacent to an activating group) is 1. The number of nitrogens with zero attached hydrogens (tertiary/aromatic N) is 4. The first-order valence-electron chi connectivity index (χ1n) is 15.5. The van der Waals surface area contributed by atoms with E-state index in [1.807, 2.05) is 31.2 Å². The highest BCUT2D eigenvalue weighted by molar-refractivity contribution is 5.76. The van der Waals surface area contributed by atoms with Crippen molar-refractivity contribution in [3.63, 3.8) is 0 Å². The second-order valence-corrected chi connectivity index (χ2v) is 11.4. The summed E-state index contributed by atoms with van der Waals surface area (Å²) in [5.41, 5.74) is 3.34. The summed E-state index contributed by atoms with van der Waals surface area (Å²) in [5.74, 6) is 0.0416. The van der Waals surface area contributed by atoms with E-state index in [-0.39, 0.29) is 23.8 Å². The summed E-state index contributed by atoms with van der Waals surface area (Å²) < 4.78 is 54.2. The fraction of sp³-hybridized carbons (Fsp3) is 0.361. The Morgan fingerprint density at radius 1 is 0.804 bits per heavy atom. The summed E-state index contributed by atoms with van der Waals surface area (Å²) in [5, 5.41) is 0. The van der Waals surface area contributed by atoms with Gasteiger partial charge in [0.25, 0.3) is 5.56 Å². The van der Waals surface area contributed by atoms with Crippen LogP contribution >= 0.6 is 0 Å². The van der Waals surface area contributed by atoms with Crippen molar-refractivity contribution in [1.82, 2.24) is 19.4 Å². The van der Waals surface area contributed by atoms with Gasteiger partial charge in [-0.2, -0.15) is 18.2 Å². The van der Waals surface area contributed by atoms with Crippen LogP contribution in [0.4, 0.5) is 17.6 Å². The molecule has 1 amide bonds. The van der Waals surface area contributed by atoms with E-state index in [9.17, 15) is 27.2 Å². The third-order valence-electron chi connectivity index (χ3n) is 8.46. The molecule has 0 aliphatic rings. The molecule has 0 N–H and O–H groups in total. The van der Waals surface area contributed by atoms with Crippen LogP contribution in [0.5, 0.6) is 0 Å². The van der Waals surface area contributed by atoms with Crippen molar-refractivity contribution in [3.05, 3.63) is 123 Å². The van der Waals surface area contributed by atoms with E-state index < -0.39 is 11.7 Å². The van der Waals surface area contributed by atoms with Gasteiger partial charge >= 0.3 is 6.18 Å². The van der Waals surface area contributed by atoms with Crippen LogP contribution in [0.3, 0.4) is 0 Å². The Kier molecular flexibility index (Phi) is 11.5. The van der Waals surface area contributed by atoms with Crippen LogP contribution in [0.25, 0.3) is 11.1 Å². The maximum absolute atomic E-state index is 14.0. The molecule has 1 heterocycles. The molecule has 0 radical (unpaired) electrons. The molecule has 0 saturated heterocycles. The monoisotopic (exact) mass is 636 g/mol. The van der Waals surface area contributed by atoms with Gasteiger partial charge in [-0.3, -0.25) is 9.59 Å². The molecule has 0 unspecified atom stereocenters. The fourth-order valence-corrected chi connectivity index (χ4v) is 5.32. The van der Waals surface area contributed by atoms with Crippen molar-refractivity contribution in [1.29, 1.82) is 0 Å². The van der Waals surface area contributed by atoms with Crippen molar-refractivity contribution in [2.75, 3.05) is 26.2 Å². The summed E-state index contributed by atoms with van der Waals surface area (Å²) in [6.45, 7) is 10.8. The molecule has 0 spiro atoms. The predicted molar refractivity (Wildman–Crippen MR) is 172 cm³/mol. The summed E-state index contributed by atoms with van der Waals surface area (Å²) in [4.78, 5) is 34.9. The van der Waals surface area contributed by atoms with E-state index in [2.05, 4.69) is 23.7 Å². The molecular weight excluding hydrogens is 596 g/mol. The van der Waals surface area contributed by atoms with Gasteiger partial charge in [-0.1, -0.05) is 62.4 Å². The van der Waals surface area contributed by atoms with E-state index in [0.29, 0.717) is 55.1 Å². The Bertz CT molecular complexity index is 1660. The van der Waals surface area contributed by atoms with E-state index in [0.717, 1.165) is 41.9 Å². The molecule has 0 bridgehead atoms. The SMILES string of the molecule is CCN(CC)CCN(Cc1ccc(-c2ccc(C(F)(F)F)cc2)cc1)C(=O)Cn1c(CCc2ccc(F)cc2)nc(=O)c(C)c1C. The molecule has 244 valence electrons. The molecule has 46 heavy (non-hydrogen) atoms. The number of amides is 1. The second kappa shape index (κ2) is 15.3. The zero-order valence-corrected chi connectivity index (χ0v) is 26.7. The zero-order chi connectivity index (χ0) is 33.4. The lowest BCUT2D eigenvalue weighted by molar-refractivity contribution is -0.137.